The van der Waals surface area contributed by atoms with Gasteiger partial charge < -0.3 is 24.4 Å². The van der Waals surface area contributed by atoms with Gasteiger partial charge >= 0.3 is 0 Å². The normalized spacial score (nSPS) is 44.8. The Morgan fingerprint density at radius 1 is 1.00 bits per heavy atom. The summed E-state index contributed by atoms with van der Waals surface area (Å²) in [5.74, 6) is 4.64. The first-order valence-electron chi connectivity index (χ1n) is 12.9. The Kier molecular flexibility index (Phi) is 5.05. The summed E-state index contributed by atoms with van der Waals surface area (Å²) in [7, 11) is 1.65. The van der Waals surface area contributed by atoms with E-state index in [2.05, 4.69) is 19.9 Å². The van der Waals surface area contributed by atoms with Crippen LogP contribution in [0.5, 0.6) is 17.2 Å². The van der Waals surface area contributed by atoms with Crippen molar-refractivity contribution < 1.29 is 24.4 Å². The summed E-state index contributed by atoms with van der Waals surface area (Å²) >= 11 is 0. The lowest BCUT2D eigenvalue weighted by atomic mass is 9.45. The number of methoxy groups -OCH3 is 1. The minimum absolute atomic E-state index is 0.0508. The number of aliphatic hydroxyl groups excluding tert-OH is 2. The van der Waals surface area contributed by atoms with Crippen molar-refractivity contribution in [2.75, 3.05) is 13.9 Å². The number of fused-ring (bicyclic) bond motifs is 6. The van der Waals surface area contributed by atoms with Crippen LogP contribution in [0.1, 0.15) is 70.8 Å². The largest absolute Gasteiger partial charge is 0.493 e. The molecule has 1 aromatic rings. The van der Waals surface area contributed by atoms with E-state index in [1.165, 1.54) is 19.3 Å². The third kappa shape index (κ3) is 3.18. The highest BCUT2D eigenvalue weighted by Crippen LogP contribution is 2.67. The second-order valence-corrected chi connectivity index (χ2v) is 11.9. The fraction of sp³-hybridized carbons (Fsp3) is 0.714. The molecule has 33 heavy (non-hydrogen) atoms. The van der Waals surface area contributed by atoms with Crippen molar-refractivity contribution in [3.63, 3.8) is 0 Å². The molecule has 1 aromatic carbocycles. The van der Waals surface area contributed by atoms with Gasteiger partial charge in [-0.3, -0.25) is 0 Å². The van der Waals surface area contributed by atoms with Gasteiger partial charge in [-0.1, -0.05) is 19.9 Å². The maximum Gasteiger partial charge on any atom is 0.231 e. The van der Waals surface area contributed by atoms with Gasteiger partial charge in [0.2, 0.25) is 12.5 Å². The Balaban J connectivity index is 1.30. The third-order valence-corrected chi connectivity index (χ3v) is 10.5. The van der Waals surface area contributed by atoms with Gasteiger partial charge in [-0.25, -0.2) is 0 Å². The molecule has 5 nitrogen and oxygen atoms in total. The summed E-state index contributed by atoms with van der Waals surface area (Å²) in [6.07, 6.45) is 10.5. The van der Waals surface area contributed by atoms with E-state index in [-0.39, 0.29) is 18.3 Å². The second-order valence-electron chi connectivity index (χ2n) is 11.9. The predicted molar refractivity (Wildman–Crippen MR) is 126 cm³/mol. The van der Waals surface area contributed by atoms with Crippen molar-refractivity contribution in [2.24, 2.45) is 34.5 Å². The van der Waals surface area contributed by atoms with E-state index >= 15 is 0 Å². The molecule has 1 heterocycles. The number of hydrogen-bond donors (Lipinski definition) is 2. The van der Waals surface area contributed by atoms with Crippen LogP contribution >= 0.6 is 0 Å². The number of aliphatic hydroxyl groups is 2. The van der Waals surface area contributed by atoms with Crippen LogP contribution in [0.15, 0.2) is 17.7 Å². The zero-order chi connectivity index (χ0) is 23.0. The van der Waals surface area contributed by atoms with E-state index < -0.39 is 6.10 Å². The van der Waals surface area contributed by atoms with E-state index in [4.69, 9.17) is 14.2 Å². The van der Waals surface area contributed by atoms with Crippen LogP contribution in [0.4, 0.5) is 0 Å². The minimum atomic E-state index is -0.404. The SMILES string of the molecule is COc1cc(/C=C2\CC3C4CCC5CC(O)CCC5(C)C4CCC3(C)C2O)cc2c1OCO2. The topological polar surface area (TPSA) is 68.2 Å². The van der Waals surface area contributed by atoms with Gasteiger partial charge in [0.15, 0.2) is 11.5 Å². The fourth-order valence-corrected chi connectivity index (χ4v) is 8.68. The lowest BCUT2D eigenvalue weighted by Gasteiger charge is -2.60. The lowest BCUT2D eigenvalue weighted by Crippen LogP contribution is -2.54. The van der Waals surface area contributed by atoms with Crippen LogP contribution < -0.4 is 14.2 Å². The highest BCUT2D eigenvalue weighted by molar-refractivity contribution is 5.65. The summed E-state index contributed by atoms with van der Waals surface area (Å²) < 4.78 is 16.7. The first-order valence-corrected chi connectivity index (χ1v) is 12.9. The maximum absolute atomic E-state index is 11.6. The van der Waals surface area contributed by atoms with E-state index in [0.717, 1.165) is 49.2 Å². The van der Waals surface area contributed by atoms with Crippen molar-refractivity contribution in [1.82, 2.24) is 0 Å². The maximum atomic E-state index is 11.6. The quantitative estimate of drug-likeness (QED) is 0.644. The van der Waals surface area contributed by atoms with Crippen LogP contribution in [-0.4, -0.2) is 36.3 Å². The molecule has 2 N–H and O–H groups in total. The third-order valence-electron chi connectivity index (χ3n) is 10.5. The van der Waals surface area contributed by atoms with E-state index in [1.54, 1.807) is 7.11 Å². The molecule has 0 bridgehead atoms. The summed E-state index contributed by atoms with van der Waals surface area (Å²) in [5.41, 5.74) is 2.45. The van der Waals surface area contributed by atoms with Crippen molar-refractivity contribution >= 4 is 6.08 Å². The van der Waals surface area contributed by atoms with Gasteiger partial charge in [-0.2, -0.15) is 0 Å². The van der Waals surface area contributed by atoms with E-state index in [0.29, 0.717) is 40.4 Å². The fourth-order valence-electron chi connectivity index (χ4n) is 8.68. The number of rotatable bonds is 2. The zero-order valence-electron chi connectivity index (χ0n) is 20.2. The summed E-state index contributed by atoms with van der Waals surface area (Å²) in [4.78, 5) is 0. The first kappa shape index (κ1) is 21.8. The molecule has 0 saturated heterocycles. The monoisotopic (exact) mass is 454 g/mol. The Bertz CT molecular complexity index is 971. The minimum Gasteiger partial charge on any atom is -0.493 e. The van der Waals surface area contributed by atoms with Crippen LogP contribution in [0.25, 0.3) is 6.08 Å². The Labute approximate surface area is 197 Å². The molecule has 0 spiro atoms. The first-order chi connectivity index (χ1) is 15.8. The molecular formula is C28H38O5. The highest BCUT2D eigenvalue weighted by Gasteiger charge is 2.61. The number of ether oxygens (including phenoxy) is 3. The molecule has 1 aliphatic heterocycles. The molecule has 0 aromatic heterocycles. The van der Waals surface area contributed by atoms with E-state index in [9.17, 15) is 10.2 Å². The molecule has 4 saturated carbocycles. The van der Waals surface area contributed by atoms with Crippen molar-refractivity contribution in [3.8, 4) is 17.2 Å². The molecule has 4 fully saturated rings. The lowest BCUT2D eigenvalue weighted by molar-refractivity contribution is -0.133. The van der Waals surface area contributed by atoms with Gasteiger partial charge in [0.1, 0.15) is 0 Å². The van der Waals surface area contributed by atoms with Crippen LogP contribution in [-0.2, 0) is 0 Å². The van der Waals surface area contributed by atoms with Crippen LogP contribution in [0.3, 0.4) is 0 Å². The van der Waals surface area contributed by atoms with Crippen LogP contribution in [0, 0.1) is 34.5 Å². The Morgan fingerprint density at radius 3 is 2.64 bits per heavy atom. The number of hydrogen-bond acceptors (Lipinski definition) is 5. The Hall–Kier alpha value is -1.72. The average Bonchev–Trinajstić information content (AvgIpc) is 3.37. The molecule has 0 radical (unpaired) electrons. The zero-order valence-corrected chi connectivity index (χ0v) is 20.2. The second kappa shape index (κ2) is 7.64. The van der Waals surface area contributed by atoms with Gasteiger partial charge in [-0.15, -0.1) is 0 Å². The molecule has 6 rings (SSSR count). The standard InChI is InChI=1S/C28H38O5/c1-27-8-6-19(29)14-18(27)4-5-20-21(27)7-9-28(2)22(20)13-17(26(28)30)10-16-11-23(31-3)25-24(12-16)32-15-33-25/h10-12,18-22,26,29-30H,4-9,13-15H2,1-3H3/b17-10+. The van der Waals surface area contributed by atoms with Gasteiger partial charge in [-0.05, 0) is 104 Å². The summed E-state index contributed by atoms with van der Waals surface area (Å²) in [6, 6.07) is 3.98. The average molecular weight is 455 g/mol. The van der Waals surface area contributed by atoms with E-state index in [1.807, 2.05) is 12.1 Å². The molecule has 5 heteroatoms. The predicted octanol–water partition coefficient (Wildman–Crippen LogP) is 5.18. The summed E-state index contributed by atoms with van der Waals surface area (Å²) in [6.45, 7) is 5.07. The van der Waals surface area contributed by atoms with Gasteiger partial charge in [0.05, 0.1) is 19.3 Å². The smallest absolute Gasteiger partial charge is 0.231 e. The van der Waals surface area contributed by atoms with Crippen molar-refractivity contribution in [1.29, 1.82) is 0 Å². The molecular weight excluding hydrogens is 416 g/mol. The van der Waals surface area contributed by atoms with Crippen molar-refractivity contribution in [2.45, 2.75) is 77.4 Å². The molecule has 8 atom stereocenters. The van der Waals surface area contributed by atoms with Gasteiger partial charge in [0, 0.05) is 5.41 Å². The highest BCUT2D eigenvalue weighted by atomic mass is 16.7. The van der Waals surface area contributed by atoms with Crippen molar-refractivity contribution in [3.05, 3.63) is 23.3 Å². The number of benzene rings is 1. The molecule has 4 aliphatic carbocycles. The summed E-state index contributed by atoms with van der Waals surface area (Å²) in [5, 5.41) is 21.8. The molecule has 8 unspecified atom stereocenters. The molecule has 180 valence electrons. The van der Waals surface area contributed by atoms with Gasteiger partial charge in [0.25, 0.3) is 0 Å². The molecule has 0 amide bonds. The Morgan fingerprint density at radius 2 is 1.82 bits per heavy atom. The van der Waals surface area contributed by atoms with Crippen LogP contribution in [0.2, 0.25) is 0 Å². The molecule has 5 aliphatic rings.